The molecule has 0 spiro atoms. The van der Waals surface area contributed by atoms with Crippen LogP contribution in [0.15, 0.2) is 11.4 Å². The molecule has 2 rings (SSSR count). The Morgan fingerprint density at radius 1 is 1.56 bits per heavy atom. The second-order valence-electron chi connectivity index (χ2n) is 4.79. The van der Waals surface area contributed by atoms with Crippen LogP contribution in [-0.4, -0.2) is 23.7 Å². The zero-order chi connectivity index (χ0) is 13.0. The van der Waals surface area contributed by atoms with Crippen molar-refractivity contribution in [2.45, 2.75) is 38.2 Å². The molecule has 0 aliphatic heterocycles. The number of aliphatic hydroxyl groups excluding tert-OH is 1. The molecule has 1 aliphatic rings. The van der Waals surface area contributed by atoms with Crippen molar-refractivity contribution in [3.05, 3.63) is 21.3 Å². The maximum absolute atomic E-state index is 11.7. The lowest BCUT2D eigenvalue weighted by atomic mass is 10.1. The van der Waals surface area contributed by atoms with Gasteiger partial charge in [0, 0.05) is 29.1 Å². The Kier molecular flexibility index (Phi) is 5.03. The van der Waals surface area contributed by atoms with E-state index in [4.69, 9.17) is 11.6 Å². The lowest BCUT2D eigenvalue weighted by Crippen LogP contribution is -2.32. The Hall–Kier alpha value is -0.580. The minimum absolute atomic E-state index is 0.0543. The summed E-state index contributed by atoms with van der Waals surface area (Å²) in [7, 11) is 0. The first-order valence-corrected chi connectivity index (χ1v) is 7.58. The standard InChI is InChI=1S/C13H18ClNO2S/c14-10-6-11(18-8-10)4-5-13(17)15-7-9-2-1-3-12(9)16/h6,8-9,12,16H,1-5,7H2,(H,15,17). The van der Waals surface area contributed by atoms with Crippen LogP contribution in [0.3, 0.4) is 0 Å². The Bertz CT molecular complexity index is 407. The molecule has 1 aromatic rings. The highest BCUT2D eigenvalue weighted by atomic mass is 35.5. The van der Waals surface area contributed by atoms with Crippen molar-refractivity contribution in [1.29, 1.82) is 0 Å². The maximum atomic E-state index is 11.7. The Morgan fingerprint density at radius 2 is 2.39 bits per heavy atom. The summed E-state index contributed by atoms with van der Waals surface area (Å²) in [6.07, 6.45) is 3.93. The van der Waals surface area contributed by atoms with Crippen molar-refractivity contribution in [3.8, 4) is 0 Å². The van der Waals surface area contributed by atoms with Gasteiger partial charge in [0.05, 0.1) is 11.1 Å². The normalized spacial score (nSPS) is 23.2. The molecule has 0 saturated heterocycles. The van der Waals surface area contributed by atoms with Crippen LogP contribution in [0, 0.1) is 5.92 Å². The fraction of sp³-hybridized carbons (Fsp3) is 0.615. The number of hydrogen-bond acceptors (Lipinski definition) is 3. The van der Waals surface area contributed by atoms with E-state index in [1.807, 2.05) is 11.4 Å². The number of thiophene rings is 1. The van der Waals surface area contributed by atoms with Gasteiger partial charge in [-0.25, -0.2) is 0 Å². The fourth-order valence-corrected chi connectivity index (χ4v) is 3.39. The van der Waals surface area contributed by atoms with Gasteiger partial charge < -0.3 is 10.4 Å². The van der Waals surface area contributed by atoms with Crippen LogP contribution in [0.1, 0.15) is 30.6 Å². The predicted octanol–water partition coefficient (Wildman–Crippen LogP) is 2.61. The number of aryl methyl sites for hydroxylation is 1. The monoisotopic (exact) mass is 287 g/mol. The third-order valence-electron chi connectivity index (χ3n) is 3.40. The van der Waals surface area contributed by atoms with Gasteiger partial charge in [0.15, 0.2) is 0 Å². The topological polar surface area (TPSA) is 49.3 Å². The summed E-state index contributed by atoms with van der Waals surface area (Å²) in [4.78, 5) is 12.8. The van der Waals surface area contributed by atoms with Crippen molar-refractivity contribution in [2.24, 2.45) is 5.92 Å². The van der Waals surface area contributed by atoms with Gasteiger partial charge >= 0.3 is 0 Å². The highest BCUT2D eigenvalue weighted by Crippen LogP contribution is 2.24. The van der Waals surface area contributed by atoms with E-state index in [9.17, 15) is 9.90 Å². The first-order chi connectivity index (χ1) is 8.65. The highest BCUT2D eigenvalue weighted by Gasteiger charge is 2.25. The molecule has 1 aliphatic carbocycles. The van der Waals surface area contributed by atoms with Gasteiger partial charge in [0.25, 0.3) is 0 Å². The van der Waals surface area contributed by atoms with E-state index in [1.54, 1.807) is 11.3 Å². The smallest absolute Gasteiger partial charge is 0.220 e. The maximum Gasteiger partial charge on any atom is 0.220 e. The van der Waals surface area contributed by atoms with Gasteiger partial charge in [-0.1, -0.05) is 18.0 Å². The van der Waals surface area contributed by atoms with E-state index in [0.717, 1.165) is 35.6 Å². The molecule has 2 unspecified atom stereocenters. The molecule has 1 fully saturated rings. The molecule has 1 saturated carbocycles. The van der Waals surface area contributed by atoms with Crippen LogP contribution in [-0.2, 0) is 11.2 Å². The zero-order valence-corrected chi connectivity index (χ0v) is 11.8. The number of rotatable bonds is 5. The quantitative estimate of drug-likeness (QED) is 0.875. The molecule has 2 atom stereocenters. The molecule has 1 amide bonds. The van der Waals surface area contributed by atoms with Crippen molar-refractivity contribution in [1.82, 2.24) is 5.32 Å². The number of halogens is 1. The summed E-state index contributed by atoms with van der Waals surface area (Å²) in [5, 5.41) is 15.2. The van der Waals surface area contributed by atoms with E-state index in [-0.39, 0.29) is 17.9 Å². The van der Waals surface area contributed by atoms with Crippen LogP contribution in [0.25, 0.3) is 0 Å². The summed E-state index contributed by atoms with van der Waals surface area (Å²) in [5.41, 5.74) is 0. The van der Waals surface area contributed by atoms with E-state index in [0.29, 0.717) is 13.0 Å². The molecule has 1 heterocycles. The molecule has 18 heavy (non-hydrogen) atoms. The largest absolute Gasteiger partial charge is 0.393 e. The first kappa shape index (κ1) is 13.8. The number of amides is 1. The number of aliphatic hydroxyl groups is 1. The molecule has 1 aromatic heterocycles. The number of nitrogens with one attached hydrogen (secondary N) is 1. The molecule has 0 bridgehead atoms. The van der Waals surface area contributed by atoms with Crippen LogP contribution in [0.2, 0.25) is 5.02 Å². The first-order valence-electron chi connectivity index (χ1n) is 6.33. The summed E-state index contributed by atoms with van der Waals surface area (Å²) >= 11 is 7.40. The van der Waals surface area contributed by atoms with Crippen molar-refractivity contribution in [2.75, 3.05) is 6.54 Å². The lowest BCUT2D eigenvalue weighted by Gasteiger charge is -2.14. The number of carbonyl (C=O) groups excluding carboxylic acids is 1. The average Bonchev–Trinajstić information content (AvgIpc) is 2.93. The van der Waals surface area contributed by atoms with E-state index >= 15 is 0 Å². The van der Waals surface area contributed by atoms with E-state index in [1.165, 1.54) is 0 Å². The Balaban J connectivity index is 1.66. The predicted molar refractivity (Wildman–Crippen MR) is 74.0 cm³/mol. The van der Waals surface area contributed by atoms with Gasteiger partial charge in [-0.05, 0) is 25.3 Å². The lowest BCUT2D eigenvalue weighted by molar-refractivity contribution is -0.121. The van der Waals surface area contributed by atoms with Gasteiger partial charge in [-0.15, -0.1) is 11.3 Å². The summed E-state index contributed by atoms with van der Waals surface area (Å²) in [6, 6.07) is 1.90. The third kappa shape index (κ3) is 3.97. The SMILES string of the molecule is O=C(CCc1cc(Cl)cs1)NCC1CCCC1O. The minimum atomic E-state index is -0.235. The van der Waals surface area contributed by atoms with Crippen molar-refractivity contribution < 1.29 is 9.90 Å². The van der Waals surface area contributed by atoms with Crippen molar-refractivity contribution >= 4 is 28.8 Å². The van der Waals surface area contributed by atoms with Crippen LogP contribution in [0.4, 0.5) is 0 Å². The summed E-state index contributed by atoms with van der Waals surface area (Å²) < 4.78 is 0. The highest BCUT2D eigenvalue weighted by molar-refractivity contribution is 7.10. The van der Waals surface area contributed by atoms with E-state index in [2.05, 4.69) is 5.32 Å². The fourth-order valence-electron chi connectivity index (χ4n) is 2.31. The molecular weight excluding hydrogens is 270 g/mol. The minimum Gasteiger partial charge on any atom is -0.393 e. The molecular formula is C13H18ClNO2S. The molecule has 100 valence electrons. The molecule has 2 N–H and O–H groups in total. The molecule has 0 radical (unpaired) electrons. The van der Waals surface area contributed by atoms with Crippen LogP contribution < -0.4 is 5.32 Å². The number of carbonyl (C=O) groups is 1. The van der Waals surface area contributed by atoms with Crippen molar-refractivity contribution in [3.63, 3.8) is 0 Å². The average molecular weight is 288 g/mol. The van der Waals surface area contributed by atoms with Gasteiger partial charge in [0.2, 0.25) is 5.91 Å². The van der Waals surface area contributed by atoms with Gasteiger partial charge in [0.1, 0.15) is 0 Å². The van der Waals surface area contributed by atoms with Gasteiger partial charge in [-0.3, -0.25) is 4.79 Å². The molecule has 0 aromatic carbocycles. The summed E-state index contributed by atoms with van der Waals surface area (Å²) in [5.74, 6) is 0.295. The molecule has 5 heteroatoms. The Morgan fingerprint density at radius 3 is 3.00 bits per heavy atom. The Labute approximate surface area is 116 Å². The second kappa shape index (κ2) is 6.55. The van der Waals surface area contributed by atoms with Gasteiger partial charge in [-0.2, -0.15) is 0 Å². The summed E-state index contributed by atoms with van der Waals surface area (Å²) in [6.45, 7) is 0.602. The van der Waals surface area contributed by atoms with E-state index < -0.39 is 0 Å². The molecule has 3 nitrogen and oxygen atoms in total. The second-order valence-corrected chi connectivity index (χ2v) is 6.23. The number of hydrogen-bond donors (Lipinski definition) is 2. The van der Waals surface area contributed by atoms with Crippen LogP contribution >= 0.6 is 22.9 Å². The zero-order valence-electron chi connectivity index (χ0n) is 10.2. The van der Waals surface area contributed by atoms with Crippen LogP contribution in [0.5, 0.6) is 0 Å². The third-order valence-corrected chi connectivity index (χ3v) is 4.74.